The number of thiazole rings is 1. The Kier molecular flexibility index (Phi) is 10.6. The Morgan fingerprint density at radius 3 is 2.27 bits per heavy atom. The third kappa shape index (κ3) is 7.16. The smallest absolute Gasteiger partial charge is 0.279 e. The van der Waals surface area contributed by atoms with Gasteiger partial charge < -0.3 is 9.30 Å². The number of rotatable bonds is 13. The van der Waals surface area contributed by atoms with Crippen LogP contribution in [0.4, 0.5) is 0 Å². The molecule has 9 heteroatoms. The van der Waals surface area contributed by atoms with Gasteiger partial charge in [0.2, 0.25) is 10.0 Å². The van der Waals surface area contributed by atoms with E-state index >= 15 is 0 Å². The van der Waals surface area contributed by atoms with Gasteiger partial charge in [-0.1, -0.05) is 44.1 Å². The van der Waals surface area contributed by atoms with Crippen LogP contribution in [-0.2, 0) is 21.3 Å². The average Bonchev–Trinajstić information content (AvgIpc) is 3.21. The van der Waals surface area contributed by atoms with Crippen LogP contribution in [0, 0.1) is 13.8 Å². The molecule has 0 bridgehead atoms. The summed E-state index contributed by atoms with van der Waals surface area (Å²) in [5.74, 6) is -0.399. The minimum absolute atomic E-state index is 0.205. The molecule has 1 heterocycles. The van der Waals surface area contributed by atoms with Crippen molar-refractivity contribution in [2.24, 2.45) is 4.99 Å². The summed E-state index contributed by atoms with van der Waals surface area (Å²) >= 11 is 1.48. The molecule has 0 aliphatic carbocycles. The number of carbonyl (C=O) groups excluding carboxylic acids is 1. The number of aryl methyl sites for hydroxylation is 2. The number of ether oxygens (including phenoxy) is 1. The highest BCUT2D eigenvalue weighted by Gasteiger charge is 2.24. The summed E-state index contributed by atoms with van der Waals surface area (Å²) < 4.78 is 36.7. The molecule has 1 aromatic heterocycles. The number of aromatic nitrogens is 1. The van der Waals surface area contributed by atoms with Gasteiger partial charge in [0.05, 0.1) is 21.7 Å². The molecule has 37 heavy (non-hydrogen) atoms. The molecule has 0 spiro atoms. The molecule has 1 amide bonds. The van der Waals surface area contributed by atoms with E-state index in [0.717, 1.165) is 47.0 Å². The molecule has 3 aromatic rings. The van der Waals surface area contributed by atoms with Gasteiger partial charge >= 0.3 is 0 Å². The van der Waals surface area contributed by atoms with Gasteiger partial charge in [-0.05, 0) is 75.1 Å². The summed E-state index contributed by atoms with van der Waals surface area (Å²) in [6.07, 6.45) is 3.48. The molecule has 3 rings (SSSR count). The first-order valence-electron chi connectivity index (χ1n) is 13.1. The Hall–Kier alpha value is -2.33. The van der Waals surface area contributed by atoms with Crippen molar-refractivity contribution in [3.63, 3.8) is 0 Å². The number of sulfonamides is 1. The summed E-state index contributed by atoms with van der Waals surface area (Å²) in [6.45, 7) is 12.9. The zero-order valence-corrected chi connectivity index (χ0v) is 24.3. The molecule has 0 saturated heterocycles. The van der Waals surface area contributed by atoms with Crippen molar-refractivity contribution in [3.05, 3.63) is 57.9 Å². The second-order valence-corrected chi connectivity index (χ2v) is 12.2. The summed E-state index contributed by atoms with van der Waals surface area (Å²) in [4.78, 5) is 18.4. The monoisotopic (exact) mass is 545 g/mol. The molecule has 7 nitrogen and oxygen atoms in total. The maximum absolute atomic E-state index is 13.2. The summed E-state index contributed by atoms with van der Waals surface area (Å²) in [5, 5.41) is 0. The lowest BCUT2D eigenvalue weighted by molar-refractivity contribution is 0.0996. The van der Waals surface area contributed by atoms with E-state index in [-0.39, 0.29) is 4.90 Å². The van der Waals surface area contributed by atoms with Gasteiger partial charge in [-0.15, -0.1) is 0 Å². The van der Waals surface area contributed by atoms with Crippen LogP contribution in [0.1, 0.15) is 67.9 Å². The van der Waals surface area contributed by atoms with E-state index in [2.05, 4.69) is 31.0 Å². The predicted octanol–water partition coefficient (Wildman–Crippen LogP) is 5.69. The lowest BCUT2D eigenvalue weighted by atomic mass is 10.1. The third-order valence-corrected chi connectivity index (χ3v) is 9.17. The van der Waals surface area contributed by atoms with Crippen molar-refractivity contribution in [1.82, 2.24) is 8.87 Å². The van der Waals surface area contributed by atoms with E-state index in [0.29, 0.717) is 43.2 Å². The molecule has 0 radical (unpaired) electrons. The highest BCUT2D eigenvalue weighted by molar-refractivity contribution is 7.89. The maximum Gasteiger partial charge on any atom is 0.279 e. The van der Waals surface area contributed by atoms with Gasteiger partial charge in [0, 0.05) is 31.8 Å². The van der Waals surface area contributed by atoms with Gasteiger partial charge in [0.1, 0.15) is 0 Å². The molecular weight excluding hydrogens is 506 g/mol. The summed E-state index contributed by atoms with van der Waals surface area (Å²) in [6, 6.07) is 10.4. The number of amides is 1. The van der Waals surface area contributed by atoms with Crippen LogP contribution in [0.2, 0.25) is 0 Å². The standard InChI is InChI=1S/C28H39N3O4S2/c1-6-9-15-30(16-10-7-2)37(33,34)24-13-11-23(12-14-24)27(32)29-28-31(17-18-35-8-3)26-22(5)19-21(4)20-25(26)36-28/h11-14,19-20H,6-10,15-18H2,1-5H3. The van der Waals surface area contributed by atoms with Crippen molar-refractivity contribution in [2.75, 3.05) is 26.3 Å². The Labute approximate surface area is 224 Å². The minimum atomic E-state index is -3.62. The third-order valence-electron chi connectivity index (χ3n) is 6.23. The van der Waals surface area contributed by atoms with E-state index < -0.39 is 15.9 Å². The zero-order valence-electron chi connectivity index (χ0n) is 22.6. The van der Waals surface area contributed by atoms with Gasteiger partial charge in [0.25, 0.3) is 5.91 Å². The number of fused-ring (bicyclic) bond motifs is 1. The fourth-order valence-corrected chi connectivity index (χ4v) is 7.02. The number of unbranched alkanes of at least 4 members (excludes halogenated alkanes) is 2. The quantitative estimate of drug-likeness (QED) is 0.259. The van der Waals surface area contributed by atoms with E-state index in [9.17, 15) is 13.2 Å². The number of carbonyl (C=O) groups is 1. The first-order valence-corrected chi connectivity index (χ1v) is 15.4. The fourth-order valence-electron chi connectivity index (χ4n) is 4.28. The Bertz CT molecular complexity index is 1360. The minimum Gasteiger partial charge on any atom is -0.380 e. The highest BCUT2D eigenvalue weighted by atomic mass is 32.2. The van der Waals surface area contributed by atoms with E-state index in [1.807, 2.05) is 25.3 Å². The van der Waals surface area contributed by atoms with E-state index in [1.165, 1.54) is 23.5 Å². The lowest BCUT2D eigenvalue weighted by Crippen LogP contribution is -2.33. The zero-order chi connectivity index (χ0) is 27.0. The largest absolute Gasteiger partial charge is 0.380 e. The van der Waals surface area contributed by atoms with Crippen molar-refractivity contribution in [2.45, 2.75) is 71.7 Å². The Morgan fingerprint density at radius 2 is 1.68 bits per heavy atom. The molecule has 0 unspecified atom stereocenters. The lowest BCUT2D eigenvalue weighted by Gasteiger charge is -2.22. The van der Waals surface area contributed by atoms with Gasteiger partial charge in [-0.25, -0.2) is 8.42 Å². The van der Waals surface area contributed by atoms with Gasteiger partial charge in [-0.3, -0.25) is 4.79 Å². The van der Waals surface area contributed by atoms with Crippen molar-refractivity contribution in [3.8, 4) is 0 Å². The number of benzene rings is 2. The van der Waals surface area contributed by atoms with Crippen molar-refractivity contribution >= 4 is 37.5 Å². The van der Waals surface area contributed by atoms with Crippen molar-refractivity contribution in [1.29, 1.82) is 0 Å². The van der Waals surface area contributed by atoms with Crippen LogP contribution in [0.5, 0.6) is 0 Å². The van der Waals surface area contributed by atoms with Crippen molar-refractivity contribution < 1.29 is 17.9 Å². The maximum atomic E-state index is 13.2. The van der Waals surface area contributed by atoms with E-state index in [1.54, 1.807) is 16.4 Å². The Morgan fingerprint density at radius 1 is 1.03 bits per heavy atom. The van der Waals surface area contributed by atoms with Gasteiger partial charge in [0.15, 0.2) is 4.80 Å². The summed E-state index contributed by atoms with van der Waals surface area (Å²) in [5.41, 5.74) is 3.70. The number of hydrogen-bond acceptors (Lipinski definition) is 5. The second-order valence-electron chi connectivity index (χ2n) is 9.21. The second kappa shape index (κ2) is 13.5. The average molecular weight is 546 g/mol. The number of hydrogen-bond donors (Lipinski definition) is 0. The molecular formula is C28H39N3O4S2. The normalized spacial score (nSPS) is 12.6. The molecule has 0 aliphatic heterocycles. The van der Waals surface area contributed by atoms with Crippen LogP contribution in [0.3, 0.4) is 0 Å². The van der Waals surface area contributed by atoms with Crippen LogP contribution in [0.25, 0.3) is 10.2 Å². The Balaban J connectivity index is 1.94. The molecule has 2 aromatic carbocycles. The van der Waals surface area contributed by atoms with Crippen LogP contribution in [-0.4, -0.2) is 49.5 Å². The molecule has 0 N–H and O–H groups in total. The number of nitrogens with zero attached hydrogens (tertiary/aromatic N) is 3. The molecule has 0 fully saturated rings. The van der Waals surface area contributed by atoms with Crippen LogP contribution in [0.15, 0.2) is 46.3 Å². The molecule has 0 saturated carbocycles. The first-order chi connectivity index (χ1) is 17.7. The van der Waals surface area contributed by atoms with Crippen LogP contribution >= 0.6 is 11.3 Å². The van der Waals surface area contributed by atoms with Gasteiger partial charge in [-0.2, -0.15) is 9.30 Å². The van der Waals surface area contributed by atoms with Crippen LogP contribution < -0.4 is 4.80 Å². The summed E-state index contributed by atoms with van der Waals surface area (Å²) in [7, 11) is -3.62. The predicted molar refractivity (Wildman–Crippen MR) is 151 cm³/mol. The molecule has 202 valence electrons. The SMILES string of the molecule is CCCCN(CCCC)S(=O)(=O)c1ccc(C(=O)N=c2sc3cc(C)cc(C)c3n2CCOCC)cc1. The molecule has 0 aliphatic rings. The topological polar surface area (TPSA) is 81.0 Å². The first kappa shape index (κ1) is 29.2. The van der Waals surface area contributed by atoms with E-state index in [4.69, 9.17) is 4.74 Å². The molecule has 0 atom stereocenters. The fraction of sp³-hybridized carbons (Fsp3) is 0.500. The highest BCUT2D eigenvalue weighted by Crippen LogP contribution is 2.24.